The summed E-state index contributed by atoms with van der Waals surface area (Å²) < 4.78 is 16.1. The highest BCUT2D eigenvalue weighted by Crippen LogP contribution is 2.46. The number of ketones is 1. The van der Waals surface area contributed by atoms with Gasteiger partial charge in [-0.15, -0.1) is 11.3 Å². The molecular formula is C28H29NO6S. The molecule has 1 aromatic heterocycles. The number of allylic oxidation sites excluding steroid dienone is 3. The Morgan fingerprint density at radius 3 is 2.61 bits per heavy atom. The van der Waals surface area contributed by atoms with Crippen LogP contribution in [-0.2, 0) is 23.8 Å². The van der Waals surface area contributed by atoms with Crippen LogP contribution in [0.4, 0.5) is 0 Å². The molecule has 0 radical (unpaired) electrons. The summed E-state index contributed by atoms with van der Waals surface area (Å²) in [6, 6.07) is 11.0. The number of thiophene rings is 1. The standard InChI is InChI=1S/C28H29NO6S/c1-16-24(28(32)35-15-20-5-3-11-34-20)25(17-7-9-18(10-8-17)27(31)33-2)26-21(29-16)13-19(14-22(26)30)23-6-4-12-36-23/h4,6-10,12,19-20,25,29H,3,5,11,13-15H2,1-2H3/t19-,20-,25-/m0/s1. The summed E-state index contributed by atoms with van der Waals surface area (Å²) in [5, 5.41) is 5.40. The Morgan fingerprint density at radius 2 is 1.94 bits per heavy atom. The van der Waals surface area contributed by atoms with Crippen LogP contribution in [0, 0.1) is 0 Å². The minimum absolute atomic E-state index is 0.0149. The lowest BCUT2D eigenvalue weighted by molar-refractivity contribution is -0.142. The molecule has 1 saturated heterocycles. The molecule has 0 saturated carbocycles. The molecule has 3 aliphatic rings. The number of esters is 2. The van der Waals surface area contributed by atoms with Crippen molar-refractivity contribution in [1.29, 1.82) is 0 Å². The van der Waals surface area contributed by atoms with E-state index in [9.17, 15) is 14.4 Å². The molecule has 1 aromatic carbocycles. The van der Waals surface area contributed by atoms with E-state index in [0.29, 0.717) is 41.9 Å². The van der Waals surface area contributed by atoms with Crippen LogP contribution in [0.1, 0.15) is 65.2 Å². The van der Waals surface area contributed by atoms with Gasteiger partial charge in [0.05, 0.1) is 24.4 Å². The lowest BCUT2D eigenvalue weighted by Crippen LogP contribution is -2.36. The number of methoxy groups -OCH3 is 1. The fraction of sp³-hybridized carbons (Fsp3) is 0.393. The van der Waals surface area contributed by atoms with Gasteiger partial charge in [0.15, 0.2) is 5.78 Å². The van der Waals surface area contributed by atoms with Crippen molar-refractivity contribution in [2.45, 2.75) is 50.5 Å². The molecule has 1 fully saturated rings. The van der Waals surface area contributed by atoms with Gasteiger partial charge in [-0.25, -0.2) is 9.59 Å². The van der Waals surface area contributed by atoms with Crippen molar-refractivity contribution in [2.24, 2.45) is 0 Å². The predicted molar refractivity (Wildman–Crippen MR) is 135 cm³/mol. The first-order chi connectivity index (χ1) is 17.5. The lowest BCUT2D eigenvalue weighted by Gasteiger charge is -2.36. The average Bonchev–Trinajstić information content (AvgIpc) is 3.61. The number of benzene rings is 1. The Balaban J connectivity index is 1.51. The van der Waals surface area contributed by atoms with E-state index in [1.54, 1.807) is 35.6 Å². The third kappa shape index (κ3) is 4.75. The number of hydrogen-bond donors (Lipinski definition) is 1. The zero-order chi connectivity index (χ0) is 25.2. The molecule has 2 aliphatic heterocycles. The summed E-state index contributed by atoms with van der Waals surface area (Å²) in [5.74, 6) is -1.37. The number of rotatable bonds is 6. The van der Waals surface area contributed by atoms with Gasteiger partial charge < -0.3 is 19.5 Å². The molecule has 0 unspecified atom stereocenters. The molecule has 3 heterocycles. The molecule has 1 N–H and O–H groups in total. The predicted octanol–water partition coefficient (Wildman–Crippen LogP) is 4.62. The van der Waals surface area contributed by atoms with Crippen molar-refractivity contribution >= 4 is 29.1 Å². The Morgan fingerprint density at radius 1 is 1.14 bits per heavy atom. The molecule has 0 amide bonds. The van der Waals surface area contributed by atoms with Crippen molar-refractivity contribution < 1.29 is 28.6 Å². The second kappa shape index (κ2) is 10.4. The molecule has 7 nitrogen and oxygen atoms in total. The van der Waals surface area contributed by atoms with E-state index in [0.717, 1.165) is 24.1 Å². The molecule has 36 heavy (non-hydrogen) atoms. The fourth-order valence-corrected chi connectivity index (χ4v) is 6.15. The largest absolute Gasteiger partial charge is 0.465 e. The third-order valence-electron chi connectivity index (χ3n) is 7.08. The minimum Gasteiger partial charge on any atom is -0.465 e. The summed E-state index contributed by atoms with van der Waals surface area (Å²) in [6.45, 7) is 2.71. The molecule has 3 atom stereocenters. The second-order valence-corrected chi connectivity index (χ2v) is 10.4. The number of nitrogens with one attached hydrogen (secondary N) is 1. The first-order valence-electron chi connectivity index (χ1n) is 12.2. The molecular weight excluding hydrogens is 478 g/mol. The van der Waals surface area contributed by atoms with E-state index in [-0.39, 0.29) is 24.4 Å². The Kier molecular flexibility index (Phi) is 7.07. The highest BCUT2D eigenvalue weighted by atomic mass is 32.1. The smallest absolute Gasteiger partial charge is 0.337 e. The summed E-state index contributed by atoms with van der Waals surface area (Å²) in [6.07, 6.45) is 2.79. The Bertz CT molecular complexity index is 1220. The molecule has 0 bridgehead atoms. The molecule has 2 aromatic rings. The maximum Gasteiger partial charge on any atom is 0.337 e. The van der Waals surface area contributed by atoms with Crippen LogP contribution in [0.25, 0.3) is 0 Å². The Labute approximate surface area is 214 Å². The summed E-state index contributed by atoms with van der Waals surface area (Å²) in [7, 11) is 1.33. The molecule has 0 spiro atoms. The highest BCUT2D eigenvalue weighted by molar-refractivity contribution is 7.10. The Hall–Kier alpha value is -3.23. The first-order valence-corrected chi connectivity index (χ1v) is 13.1. The number of ether oxygens (including phenoxy) is 3. The van der Waals surface area contributed by atoms with Crippen molar-refractivity contribution in [3.63, 3.8) is 0 Å². The molecule has 1 aliphatic carbocycles. The normalized spacial score (nSPS) is 23.8. The molecule has 5 rings (SSSR count). The van der Waals surface area contributed by atoms with Crippen LogP contribution in [0.2, 0.25) is 0 Å². The first kappa shape index (κ1) is 24.5. The summed E-state index contributed by atoms with van der Waals surface area (Å²) in [4.78, 5) is 40.2. The van der Waals surface area contributed by atoms with E-state index in [4.69, 9.17) is 14.2 Å². The van der Waals surface area contributed by atoms with Gasteiger partial charge in [-0.3, -0.25) is 4.79 Å². The lowest BCUT2D eigenvalue weighted by atomic mass is 9.72. The second-order valence-electron chi connectivity index (χ2n) is 9.38. The van der Waals surface area contributed by atoms with Crippen molar-refractivity contribution in [3.05, 3.63) is 80.3 Å². The van der Waals surface area contributed by atoms with Crippen LogP contribution in [-0.4, -0.2) is 44.1 Å². The zero-order valence-corrected chi connectivity index (χ0v) is 21.2. The fourth-order valence-electron chi connectivity index (χ4n) is 5.32. The number of hydrogen-bond acceptors (Lipinski definition) is 8. The van der Waals surface area contributed by atoms with Crippen LogP contribution in [0.3, 0.4) is 0 Å². The van der Waals surface area contributed by atoms with E-state index in [2.05, 4.69) is 11.4 Å². The van der Waals surface area contributed by atoms with Gasteiger partial charge in [0.25, 0.3) is 0 Å². The third-order valence-corrected chi connectivity index (χ3v) is 8.12. The van der Waals surface area contributed by atoms with E-state index >= 15 is 0 Å². The minimum atomic E-state index is -0.582. The van der Waals surface area contributed by atoms with Crippen LogP contribution in [0.5, 0.6) is 0 Å². The van der Waals surface area contributed by atoms with Gasteiger partial charge in [0.1, 0.15) is 6.61 Å². The van der Waals surface area contributed by atoms with Crippen LogP contribution in [0.15, 0.2) is 64.3 Å². The van der Waals surface area contributed by atoms with Gasteiger partial charge in [0, 0.05) is 46.7 Å². The summed E-state index contributed by atoms with van der Waals surface area (Å²) >= 11 is 1.65. The van der Waals surface area contributed by atoms with E-state index in [1.165, 1.54) is 12.0 Å². The van der Waals surface area contributed by atoms with Gasteiger partial charge in [-0.05, 0) is 55.3 Å². The SMILES string of the molecule is COC(=O)c1ccc([C@H]2C(C(=O)OC[C@@H]3CCCO3)=C(C)NC3=C2C(=O)C[C@@H](c2cccs2)C3)cc1. The van der Waals surface area contributed by atoms with Gasteiger partial charge in [-0.1, -0.05) is 18.2 Å². The maximum absolute atomic E-state index is 13.6. The highest BCUT2D eigenvalue weighted by Gasteiger charge is 2.41. The zero-order valence-electron chi connectivity index (χ0n) is 20.4. The van der Waals surface area contributed by atoms with E-state index in [1.807, 2.05) is 18.4 Å². The average molecular weight is 508 g/mol. The van der Waals surface area contributed by atoms with Crippen molar-refractivity contribution in [1.82, 2.24) is 5.32 Å². The van der Waals surface area contributed by atoms with Crippen molar-refractivity contribution in [2.75, 3.05) is 20.3 Å². The molecule has 188 valence electrons. The van der Waals surface area contributed by atoms with Gasteiger partial charge in [-0.2, -0.15) is 0 Å². The summed E-state index contributed by atoms with van der Waals surface area (Å²) in [5.41, 5.74) is 3.69. The van der Waals surface area contributed by atoms with Crippen molar-refractivity contribution in [3.8, 4) is 0 Å². The van der Waals surface area contributed by atoms with Gasteiger partial charge in [0.2, 0.25) is 0 Å². The number of dihydropyridines is 1. The van der Waals surface area contributed by atoms with Crippen LogP contribution < -0.4 is 5.32 Å². The van der Waals surface area contributed by atoms with Gasteiger partial charge >= 0.3 is 11.9 Å². The molecule has 8 heteroatoms. The quantitative estimate of drug-likeness (QED) is 0.571. The number of carbonyl (C=O) groups is 3. The maximum atomic E-state index is 13.6. The van der Waals surface area contributed by atoms with Crippen LogP contribution >= 0.6 is 11.3 Å². The number of Topliss-reactive ketones (excluding diaryl/α,β-unsaturated/α-hetero) is 1. The van der Waals surface area contributed by atoms with E-state index < -0.39 is 17.9 Å². The topological polar surface area (TPSA) is 90.9 Å². The monoisotopic (exact) mass is 507 g/mol. The number of carbonyl (C=O) groups excluding carboxylic acids is 3.